The molecule has 1 saturated heterocycles. The fourth-order valence-electron chi connectivity index (χ4n) is 3.10. The Morgan fingerprint density at radius 3 is 2.22 bits per heavy atom. The van der Waals surface area contributed by atoms with E-state index < -0.39 is 0 Å². The summed E-state index contributed by atoms with van der Waals surface area (Å²) >= 11 is 0. The van der Waals surface area contributed by atoms with E-state index in [2.05, 4.69) is 27.7 Å². The summed E-state index contributed by atoms with van der Waals surface area (Å²) in [4.78, 5) is 0. The zero-order chi connectivity index (χ0) is 16.7. The molecule has 1 aliphatic heterocycles. The smallest absolute Gasteiger partial charge is 0.490 e. The molecule has 0 amide bonds. The van der Waals surface area contributed by atoms with Gasteiger partial charge in [0.25, 0.3) is 0 Å². The fraction of sp³-hybridized carbons (Fsp3) is 0.667. The summed E-state index contributed by atoms with van der Waals surface area (Å²) in [6.45, 7) is 8.22. The van der Waals surface area contributed by atoms with E-state index >= 15 is 0 Å². The Morgan fingerprint density at radius 2 is 1.65 bits per heavy atom. The normalized spacial score (nSPS) is 29.5. The molecule has 2 atom stereocenters. The van der Waals surface area contributed by atoms with Gasteiger partial charge in [0.1, 0.15) is 11.9 Å². The summed E-state index contributed by atoms with van der Waals surface area (Å²) in [5, 5.41) is 9.73. The van der Waals surface area contributed by atoms with Crippen LogP contribution in [0.25, 0.3) is 0 Å². The highest BCUT2D eigenvalue weighted by Gasteiger charge is 2.51. The molecular formula is C18H27BO4. The highest BCUT2D eigenvalue weighted by atomic mass is 16.7. The van der Waals surface area contributed by atoms with Crippen LogP contribution in [-0.2, 0) is 9.31 Å². The van der Waals surface area contributed by atoms with Crippen LogP contribution in [-0.4, -0.2) is 35.6 Å². The third-order valence-electron chi connectivity index (χ3n) is 5.31. The number of ether oxygens (including phenoxy) is 1. The minimum atomic E-state index is -0.342. The second-order valence-electron chi connectivity index (χ2n) is 7.72. The molecule has 1 aromatic carbocycles. The fourth-order valence-corrected chi connectivity index (χ4v) is 3.10. The van der Waals surface area contributed by atoms with Crippen molar-refractivity contribution in [3.05, 3.63) is 24.3 Å². The molecule has 0 aromatic heterocycles. The van der Waals surface area contributed by atoms with Gasteiger partial charge in [-0.05, 0) is 64.6 Å². The first kappa shape index (κ1) is 16.8. The lowest BCUT2D eigenvalue weighted by molar-refractivity contribution is 0.00578. The Morgan fingerprint density at radius 1 is 1.04 bits per heavy atom. The minimum Gasteiger partial charge on any atom is -0.490 e. The summed E-state index contributed by atoms with van der Waals surface area (Å²) in [6, 6.07) is 7.91. The van der Waals surface area contributed by atoms with Crippen LogP contribution in [0.3, 0.4) is 0 Å². The van der Waals surface area contributed by atoms with Crippen molar-refractivity contribution >= 4 is 12.6 Å². The van der Waals surface area contributed by atoms with Crippen LogP contribution in [0.5, 0.6) is 5.75 Å². The van der Waals surface area contributed by atoms with E-state index in [9.17, 15) is 5.11 Å². The molecule has 126 valence electrons. The van der Waals surface area contributed by atoms with Gasteiger partial charge >= 0.3 is 7.12 Å². The molecule has 5 heteroatoms. The van der Waals surface area contributed by atoms with Crippen molar-refractivity contribution in [3.8, 4) is 5.75 Å². The van der Waals surface area contributed by atoms with Crippen LogP contribution in [0, 0.1) is 0 Å². The zero-order valence-electron chi connectivity index (χ0n) is 14.5. The first-order chi connectivity index (χ1) is 10.8. The Kier molecular flexibility index (Phi) is 4.47. The predicted molar refractivity (Wildman–Crippen MR) is 91.0 cm³/mol. The van der Waals surface area contributed by atoms with E-state index in [4.69, 9.17) is 14.0 Å². The van der Waals surface area contributed by atoms with Gasteiger partial charge in [-0.2, -0.15) is 0 Å². The Balaban J connectivity index is 1.64. The number of rotatable bonds is 3. The van der Waals surface area contributed by atoms with Gasteiger partial charge in [0.2, 0.25) is 0 Å². The molecule has 0 spiro atoms. The average molecular weight is 318 g/mol. The molecule has 1 aliphatic carbocycles. The topological polar surface area (TPSA) is 47.9 Å². The molecule has 0 radical (unpaired) electrons. The molecule has 23 heavy (non-hydrogen) atoms. The molecule has 1 saturated carbocycles. The second kappa shape index (κ2) is 6.12. The van der Waals surface area contributed by atoms with Crippen LogP contribution in [0.15, 0.2) is 24.3 Å². The molecule has 4 nitrogen and oxygen atoms in total. The largest absolute Gasteiger partial charge is 0.494 e. The number of benzene rings is 1. The number of aliphatic hydroxyl groups is 1. The molecule has 1 N–H and O–H groups in total. The summed E-state index contributed by atoms with van der Waals surface area (Å²) < 4.78 is 18.1. The highest BCUT2D eigenvalue weighted by Crippen LogP contribution is 2.36. The minimum absolute atomic E-state index is 0.112. The van der Waals surface area contributed by atoms with E-state index in [1.807, 2.05) is 24.3 Å². The number of hydrogen-bond acceptors (Lipinski definition) is 4. The van der Waals surface area contributed by atoms with Gasteiger partial charge in [0, 0.05) is 6.42 Å². The summed E-state index contributed by atoms with van der Waals surface area (Å²) in [5.41, 5.74) is 0.343. The molecule has 0 bridgehead atoms. The van der Waals surface area contributed by atoms with Gasteiger partial charge in [0.05, 0.1) is 17.3 Å². The van der Waals surface area contributed by atoms with Crippen molar-refractivity contribution in [1.82, 2.24) is 0 Å². The maximum atomic E-state index is 9.73. The van der Waals surface area contributed by atoms with Crippen molar-refractivity contribution in [2.45, 2.75) is 76.8 Å². The highest BCUT2D eigenvalue weighted by molar-refractivity contribution is 6.62. The molecule has 1 aromatic rings. The third-order valence-corrected chi connectivity index (χ3v) is 5.31. The maximum Gasteiger partial charge on any atom is 0.494 e. The molecular weight excluding hydrogens is 291 g/mol. The zero-order valence-corrected chi connectivity index (χ0v) is 14.5. The summed E-state index contributed by atoms with van der Waals surface area (Å²) in [5.74, 6) is 0.837. The summed E-state index contributed by atoms with van der Waals surface area (Å²) in [6.07, 6.45) is 3.53. The third kappa shape index (κ3) is 3.57. The van der Waals surface area contributed by atoms with Gasteiger partial charge in [-0.3, -0.25) is 0 Å². The monoisotopic (exact) mass is 318 g/mol. The van der Waals surface area contributed by atoms with Crippen molar-refractivity contribution in [2.75, 3.05) is 0 Å². The van der Waals surface area contributed by atoms with Gasteiger partial charge in [0.15, 0.2) is 0 Å². The Hall–Kier alpha value is -1.04. The lowest BCUT2D eigenvalue weighted by Crippen LogP contribution is -2.41. The van der Waals surface area contributed by atoms with E-state index in [-0.39, 0.29) is 30.5 Å². The van der Waals surface area contributed by atoms with Gasteiger partial charge < -0.3 is 19.2 Å². The van der Waals surface area contributed by atoms with Crippen LogP contribution < -0.4 is 10.2 Å². The SMILES string of the molecule is CC1(C)OB(c2ccc(O[C@@H]3CCC[C@H](O)C3)cc2)OC1(C)C. The van der Waals surface area contributed by atoms with Gasteiger partial charge in [-0.1, -0.05) is 12.1 Å². The van der Waals surface area contributed by atoms with Crippen LogP contribution in [0.4, 0.5) is 0 Å². The van der Waals surface area contributed by atoms with Crippen LogP contribution in [0.1, 0.15) is 53.4 Å². The number of aliphatic hydroxyl groups excluding tert-OH is 1. The lowest BCUT2D eigenvalue weighted by Gasteiger charge is -2.32. The van der Waals surface area contributed by atoms with Gasteiger partial charge in [-0.25, -0.2) is 0 Å². The average Bonchev–Trinajstić information content (AvgIpc) is 2.68. The molecule has 1 heterocycles. The van der Waals surface area contributed by atoms with E-state index in [1.165, 1.54) is 0 Å². The maximum absolute atomic E-state index is 9.73. The van der Waals surface area contributed by atoms with Crippen molar-refractivity contribution in [2.24, 2.45) is 0 Å². The van der Waals surface area contributed by atoms with Crippen molar-refractivity contribution in [1.29, 1.82) is 0 Å². The predicted octanol–water partition coefficient (Wildman–Crippen LogP) is 2.67. The van der Waals surface area contributed by atoms with Crippen LogP contribution in [0.2, 0.25) is 0 Å². The molecule has 0 unspecified atom stereocenters. The second-order valence-corrected chi connectivity index (χ2v) is 7.72. The Bertz CT molecular complexity index is 524. The molecule has 2 fully saturated rings. The number of hydrogen-bond donors (Lipinski definition) is 1. The molecule has 3 rings (SSSR count). The molecule has 2 aliphatic rings. The van der Waals surface area contributed by atoms with E-state index in [0.717, 1.165) is 36.9 Å². The quantitative estimate of drug-likeness (QED) is 0.871. The van der Waals surface area contributed by atoms with E-state index in [0.29, 0.717) is 0 Å². The van der Waals surface area contributed by atoms with E-state index in [1.54, 1.807) is 0 Å². The first-order valence-electron chi connectivity index (χ1n) is 8.57. The first-order valence-corrected chi connectivity index (χ1v) is 8.57. The standard InChI is InChI=1S/C18H27BO4/c1-17(2)18(3,4)23-19(22-17)13-8-10-15(11-9-13)21-16-7-5-6-14(20)12-16/h8-11,14,16,20H,5-7,12H2,1-4H3/t14-,16+/m0/s1. The van der Waals surface area contributed by atoms with Crippen molar-refractivity contribution < 1.29 is 19.2 Å². The Labute approximate surface area is 139 Å². The summed E-state index contributed by atoms with van der Waals surface area (Å²) in [7, 11) is -0.342. The lowest BCUT2D eigenvalue weighted by atomic mass is 9.79. The van der Waals surface area contributed by atoms with Gasteiger partial charge in [-0.15, -0.1) is 0 Å². The van der Waals surface area contributed by atoms with Crippen molar-refractivity contribution in [3.63, 3.8) is 0 Å². The van der Waals surface area contributed by atoms with Crippen LogP contribution >= 0.6 is 0 Å².